The Labute approximate surface area is 88.6 Å². The van der Waals surface area contributed by atoms with E-state index in [1.807, 2.05) is 19.2 Å². The molecule has 0 aromatic heterocycles. The number of hydrogen-bond donors (Lipinski definition) is 0. The zero-order valence-corrected chi connectivity index (χ0v) is 8.69. The summed E-state index contributed by atoms with van der Waals surface area (Å²) in [7, 11) is 1.87. The largest absolute Gasteiger partial charge is 0.488 e. The van der Waals surface area contributed by atoms with E-state index in [2.05, 4.69) is 6.07 Å². The number of fused-ring (bicyclic) bond motifs is 1. The van der Waals surface area contributed by atoms with E-state index in [1.54, 1.807) is 4.90 Å². The second-order valence-corrected chi connectivity index (χ2v) is 4.26. The van der Waals surface area contributed by atoms with Crippen molar-refractivity contribution in [1.29, 1.82) is 0 Å². The van der Waals surface area contributed by atoms with Gasteiger partial charge in [-0.3, -0.25) is 4.79 Å². The van der Waals surface area contributed by atoms with E-state index in [9.17, 15) is 4.79 Å². The number of rotatable bonds is 1. The van der Waals surface area contributed by atoms with Gasteiger partial charge in [0, 0.05) is 19.2 Å². The molecule has 1 saturated heterocycles. The number of likely N-dealkylation sites (tertiary alicyclic amines) is 1. The fourth-order valence-electron chi connectivity index (χ4n) is 2.28. The summed E-state index contributed by atoms with van der Waals surface area (Å²) in [5.41, 5.74) is 2.38. The minimum absolute atomic E-state index is 0.0703. The molecule has 0 bridgehead atoms. The van der Waals surface area contributed by atoms with Crippen molar-refractivity contribution < 1.29 is 9.53 Å². The number of ether oxygens (including phenoxy) is 1. The molecule has 3 heteroatoms. The molecule has 2 aliphatic rings. The predicted molar refractivity (Wildman–Crippen MR) is 55.8 cm³/mol. The Morgan fingerprint density at radius 3 is 2.87 bits per heavy atom. The molecule has 0 saturated carbocycles. The topological polar surface area (TPSA) is 29.5 Å². The Balaban J connectivity index is 1.93. The van der Waals surface area contributed by atoms with Gasteiger partial charge < -0.3 is 9.64 Å². The van der Waals surface area contributed by atoms with Gasteiger partial charge in [0.05, 0.1) is 5.92 Å². The van der Waals surface area contributed by atoms with E-state index in [0.717, 1.165) is 24.3 Å². The van der Waals surface area contributed by atoms with Gasteiger partial charge >= 0.3 is 0 Å². The minimum Gasteiger partial charge on any atom is -0.488 e. The van der Waals surface area contributed by atoms with Crippen LogP contribution in [0.3, 0.4) is 0 Å². The summed E-state index contributed by atoms with van der Waals surface area (Å²) in [6.07, 6.45) is 0.939. The normalized spacial score (nSPS) is 23.4. The molecule has 2 heterocycles. The van der Waals surface area contributed by atoms with Gasteiger partial charge in [-0.15, -0.1) is 0 Å². The van der Waals surface area contributed by atoms with E-state index in [0.29, 0.717) is 6.61 Å². The summed E-state index contributed by atoms with van der Waals surface area (Å²) in [4.78, 5) is 13.6. The summed E-state index contributed by atoms with van der Waals surface area (Å²) in [6, 6.07) is 6.10. The van der Waals surface area contributed by atoms with E-state index in [1.165, 1.54) is 5.56 Å². The van der Waals surface area contributed by atoms with Crippen molar-refractivity contribution in [3.63, 3.8) is 0 Å². The molecule has 78 valence electrons. The van der Waals surface area contributed by atoms with Crippen molar-refractivity contribution in [2.75, 3.05) is 13.6 Å². The maximum Gasteiger partial charge on any atom is 0.229 e. The van der Waals surface area contributed by atoms with Crippen molar-refractivity contribution in [2.24, 2.45) is 0 Å². The van der Waals surface area contributed by atoms with Crippen LogP contribution in [-0.4, -0.2) is 24.4 Å². The van der Waals surface area contributed by atoms with E-state index >= 15 is 0 Å². The Kier molecular flexibility index (Phi) is 1.75. The highest BCUT2D eigenvalue weighted by Crippen LogP contribution is 2.34. The molecule has 15 heavy (non-hydrogen) atoms. The first-order valence-corrected chi connectivity index (χ1v) is 5.26. The van der Waals surface area contributed by atoms with E-state index in [4.69, 9.17) is 4.74 Å². The quantitative estimate of drug-likeness (QED) is 0.692. The Bertz CT molecular complexity index is 428. The third-order valence-electron chi connectivity index (χ3n) is 3.30. The molecule has 1 atom stereocenters. The molecule has 0 aliphatic carbocycles. The van der Waals surface area contributed by atoms with Gasteiger partial charge in [0.15, 0.2) is 0 Å². The van der Waals surface area contributed by atoms with Crippen molar-refractivity contribution in [1.82, 2.24) is 4.90 Å². The number of carbonyl (C=O) groups excluding carboxylic acids is 1. The fourth-order valence-corrected chi connectivity index (χ4v) is 2.28. The first-order valence-electron chi connectivity index (χ1n) is 5.26. The zero-order chi connectivity index (χ0) is 10.4. The molecular formula is C12H13NO2. The summed E-state index contributed by atoms with van der Waals surface area (Å²) in [5.74, 6) is 1.29. The summed E-state index contributed by atoms with van der Waals surface area (Å²) < 4.78 is 5.25. The van der Waals surface area contributed by atoms with Gasteiger partial charge in [-0.2, -0.15) is 0 Å². The van der Waals surface area contributed by atoms with Crippen molar-refractivity contribution in [3.8, 4) is 5.75 Å². The Morgan fingerprint density at radius 2 is 2.33 bits per heavy atom. The predicted octanol–water partition coefficient (Wildman–Crippen LogP) is 1.52. The SMILES string of the molecule is CN1CCC(c2ccc3c(c2)CO3)C1=O. The third-order valence-corrected chi connectivity index (χ3v) is 3.30. The maximum absolute atomic E-state index is 11.8. The second kappa shape index (κ2) is 2.99. The number of benzene rings is 1. The van der Waals surface area contributed by atoms with Crippen LogP contribution in [0.4, 0.5) is 0 Å². The standard InChI is InChI=1S/C12H13NO2/c1-13-5-4-10(12(13)14)8-2-3-11-9(6-8)7-15-11/h2-3,6,10H,4-5,7H2,1H3. The molecule has 1 fully saturated rings. The Hall–Kier alpha value is -1.51. The fraction of sp³-hybridized carbons (Fsp3) is 0.417. The zero-order valence-electron chi connectivity index (χ0n) is 8.69. The molecule has 0 radical (unpaired) electrons. The number of nitrogens with zero attached hydrogens (tertiary/aromatic N) is 1. The summed E-state index contributed by atoms with van der Waals surface area (Å²) >= 11 is 0. The highest BCUT2D eigenvalue weighted by atomic mass is 16.5. The van der Waals surface area contributed by atoms with E-state index < -0.39 is 0 Å². The lowest BCUT2D eigenvalue weighted by molar-refractivity contribution is -0.127. The molecule has 1 aromatic rings. The van der Waals surface area contributed by atoms with Crippen LogP contribution in [0.1, 0.15) is 23.5 Å². The van der Waals surface area contributed by atoms with Gasteiger partial charge in [0.2, 0.25) is 5.91 Å². The molecule has 1 unspecified atom stereocenters. The van der Waals surface area contributed by atoms with Crippen LogP contribution in [0.2, 0.25) is 0 Å². The second-order valence-electron chi connectivity index (χ2n) is 4.26. The smallest absolute Gasteiger partial charge is 0.229 e. The molecule has 0 spiro atoms. The number of carbonyl (C=O) groups is 1. The highest BCUT2D eigenvalue weighted by molar-refractivity contribution is 5.85. The van der Waals surface area contributed by atoms with Crippen LogP contribution < -0.4 is 4.74 Å². The molecule has 3 rings (SSSR count). The van der Waals surface area contributed by atoms with Crippen LogP contribution in [0, 0.1) is 0 Å². The molecule has 0 N–H and O–H groups in total. The molecule has 3 nitrogen and oxygen atoms in total. The van der Waals surface area contributed by atoms with Crippen LogP contribution in [0.25, 0.3) is 0 Å². The van der Waals surface area contributed by atoms with Gasteiger partial charge in [0.1, 0.15) is 12.4 Å². The van der Waals surface area contributed by atoms with Crippen molar-refractivity contribution in [3.05, 3.63) is 29.3 Å². The number of amides is 1. The molecule has 2 aliphatic heterocycles. The van der Waals surface area contributed by atoms with Gasteiger partial charge in [-0.1, -0.05) is 6.07 Å². The lowest BCUT2D eigenvalue weighted by Gasteiger charge is -2.22. The molecule has 1 aromatic carbocycles. The average molecular weight is 203 g/mol. The maximum atomic E-state index is 11.8. The van der Waals surface area contributed by atoms with Crippen LogP contribution >= 0.6 is 0 Å². The van der Waals surface area contributed by atoms with Gasteiger partial charge in [-0.25, -0.2) is 0 Å². The molecule has 1 amide bonds. The first kappa shape index (κ1) is 8.77. The van der Waals surface area contributed by atoms with Crippen molar-refractivity contribution in [2.45, 2.75) is 18.9 Å². The summed E-state index contributed by atoms with van der Waals surface area (Å²) in [5, 5.41) is 0. The highest BCUT2D eigenvalue weighted by Gasteiger charge is 2.31. The molecular weight excluding hydrogens is 190 g/mol. The first-order chi connectivity index (χ1) is 7.25. The van der Waals surface area contributed by atoms with Crippen LogP contribution in [-0.2, 0) is 11.4 Å². The lowest BCUT2D eigenvalue weighted by atomic mass is 9.95. The number of likely N-dealkylation sites (N-methyl/N-ethyl adjacent to an activating group) is 1. The third kappa shape index (κ3) is 1.23. The summed E-state index contributed by atoms with van der Waals surface area (Å²) in [6.45, 7) is 1.57. The van der Waals surface area contributed by atoms with Crippen LogP contribution in [0.5, 0.6) is 5.75 Å². The minimum atomic E-state index is 0.0703. The monoisotopic (exact) mass is 203 g/mol. The average Bonchev–Trinajstić information content (AvgIpc) is 2.51. The Morgan fingerprint density at radius 1 is 1.47 bits per heavy atom. The lowest BCUT2D eigenvalue weighted by Crippen LogP contribution is -2.22. The van der Waals surface area contributed by atoms with Gasteiger partial charge in [0.25, 0.3) is 0 Å². The van der Waals surface area contributed by atoms with Crippen molar-refractivity contribution >= 4 is 5.91 Å². The van der Waals surface area contributed by atoms with Crippen LogP contribution in [0.15, 0.2) is 18.2 Å². The van der Waals surface area contributed by atoms with E-state index in [-0.39, 0.29) is 11.8 Å². The van der Waals surface area contributed by atoms with Gasteiger partial charge in [-0.05, 0) is 24.1 Å². The number of hydrogen-bond acceptors (Lipinski definition) is 2.